The number of hydrogen-bond donors (Lipinski definition) is 1. The summed E-state index contributed by atoms with van der Waals surface area (Å²) in [7, 11) is 0. The SMILES string of the molecule is C[C@]1(O)CC[C@H](C[N+](=O)[O-])CC1. The van der Waals surface area contributed by atoms with E-state index in [-0.39, 0.29) is 17.4 Å². The van der Waals surface area contributed by atoms with E-state index in [1.54, 1.807) is 6.92 Å². The van der Waals surface area contributed by atoms with Crippen molar-refractivity contribution >= 4 is 0 Å². The predicted octanol–water partition coefficient (Wildman–Crippen LogP) is 1.20. The Labute approximate surface area is 71.7 Å². The highest BCUT2D eigenvalue weighted by molar-refractivity contribution is 4.80. The Morgan fingerprint density at radius 3 is 2.50 bits per heavy atom. The van der Waals surface area contributed by atoms with Crippen molar-refractivity contribution < 1.29 is 10.0 Å². The molecule has 0 aromatic carbocycles. The summed E-state index contributed by atoms with van der Waals surface area (Å²) in [5.74, 6) is 0.181. The van der Waals surface area contributed by atoms with Gasteiger partial charge in [-0.1, -0.05) is 0 Å². The first-order valence-corrected chi connectivity index (χ1v) is 4.34. The Morgan fingerprint density at radius 2 is 2.08 bits per heavy atom. The van der Waals surface area contributed by atoms with Crippen LogP contribution in [0.5, 0.6) is 0 Å². The highest BCUT2D eigenvalue weighted by Crippen LogP contribution is 2.31. The van der Waals surface area contributed by atoms with Gasteiger partial charge in [-0.15, -0.1) is 0 Å². The maximum atomic E-state index is 10.2. The van der Waals surface area contributed by atoms with E-state index in [4.69, 9.17) is 0 Å². The lowest BCUT2D eigenvalue weighted by molar-refractivity contribution is -0.489. The van der Waals surface area contributed by atoms with Gasteiger partial charge in [0, 0.05) is 10.8 Å². The summed E-state index contributed by atoms with van der Waals surface area (Å²) >= 11 is 0. The average Bonchev–Trinajstić information content (AvgIpc) is 1.93. The molecule has 0 saturated heterocycles. The molecule has 0 radical (unpaired) electrons. The van der Waals surface area contributed by atoms with Crippen molar-refractivity contribution in [3.8, 4) is 0 Å². The summed E-state index contributed by atoms with van der Waals surface area (Å²) < 4.78 is 0. The molecule has 0 aliphatic heterocycles. The minimum absolute atomic E-state index is 0.0656. The lowest BCUT2D eigenvalue weighted by atomic mass is 9.80. The molecule has 12 heavy (non-hydrogen) atoms. The lowest BCUT2D eigenvalue weighted by Gasteiger charge is -2.31. The minimum Gasteiger partial charge on any atom is -0.390 e. The molecule has 1 aliphatic rings. The first-order valence-electron chi connectivity index (χ1n) is 4.34. The fourth-order valence-corrected chi connectivity index (χ4v) is 1.69. The van der Waals surface area contributed by atoms with Gasteiger partial charge < -0.3 is 5.11 Å². The Morgan fingerprint density at radius 1 is 1.58 bits per heavy atom. The first-order chi connectivity index (χ1) is 5.49. The number of hydrogen-bond acceptors (Lipinski definition) is 3. The summed E-state index contributed by atoms with van der Waals surface area (Å²) in [5.41, 5.74) is -0.576. The molecule has 0 unspecified atom stereocenters. The van der Waals surface area contributed by atoms with Crippen molar-refractivity contribution in [1.29, 1.82) is 0 Å². The molecule has 0 bridgehead atoms. The minimum atomic E-state index is -0.576. The monoisotopic (exact) mass is 173 g/mol. The summed E-state index contributed by atoms with van der Waals surface area (Å²) in [4.78, 5) is 9.91. The van der Waals surface area contributed by atoms with E-state index < -0.39 is 5.60 Å². The molecule has 1 rings (SSSR count). The first kappa shape index (κ1) is 9.45. The van der Waals surface area contributed by atoms with Crippen LogP contribution in [0.25, 0.3) is 0 Å². The van der Waals surface area contributed by atoms with Crippen LogP contribution in [0, 0.1) is 16.0 Å². The summed E-state index contributed by atoms with van der Waals surface area (Å²) in [6, 6.07) is 0. The average molecular weight is 173 g/mol. The van der Waals surface area contributed by atoms with E-state index in [0.717, 1.165) is 12.8 Å². The largest absolute Gasteiger partial charge is 0.390 e. The van der Waals surface area contributed by atoms with Crippen LogP contribution in [0.2, 0.25) is 0 Å². The van der Waals surface area contributed by atoms with E-state index in [0.29, 0.717) is 12.8 Å². The van der Waals surface area contributed by atoms with E-state index >= 15 is 0 Å². The van der Waals surface area contributed by atoms with Gasteiger partial charge in [0.05, 0.1) is 5.60 Å². The van der Waals surface area contributed by atoms with Gasteiger partial charge in [-0.2, -0.15) is 0 Å². The van der Waals surface area contributed by atoms with E-state index in [9.17, 15) is 15.2 Å². The third-order valence-electron chi connectivity index (χ3n) is 2.59. The number of aliphatic hydroxyl groups is 1. The molecule has 1 N–H and O–H groups in total. The van der Waals surface area contributed by atoms with Crippen LogP contribution >= 0.6 is 0 Å². The van der Waals surface area contributed by atoms with Crippen LogP contribution in [0.1, 0.15) is 32.6 Å². The van der Waals surface area contributed by atoms with Gasteiger partial charge in [0.15, 0.2) is 0 Å². The molecular formula is C8H15NO3. The van der Waals surface area contributed by atoms with E-state index in [1.165, 1.54) is 0 Å². The summed E-state index contributed by atoms with van der Waals surface area (Å²) in [5, 5.41) is 19.7. The second kappa shape index (κ2) is 3.39. The molecular weight excluding hydrogens is 158 g/mol. The second-order valence-corrected chi connectivity index (χ2v) is 3.96. The number of nitrogens with zero attached hydrogens (tertiary/aromatic N) is 1. The zero-order chi connectivity index (χ0) is 9.19. The fraction of sp³-hybridized carbons (Fsp3) is 1.00. The third-order valence-corrected chi connectivity index (χ3v) is 2.59. The van der Waals surface area contributed by atoms with Gasteiger partial charge >= 0.3 is 0 Å². The molecule has 0 aromatic heterocycles. The topological polar surface area (TPSA) is 63.4 Å². The Bertz CT molecular complexity index is 169. The van der Waals surface area contributed by atoms with Gasteiger partial charge in [-0.25, -0.2) is 0 Å². The molecule has 1 fully saturated rings. The molecule has 4 nitrogen and oxygen atoms in total. The molecule has 70 valence electrons. The third kappa shape index (κ3) is 2.77. The van der Waals surface area contributed by atoms with Crippen LogP contribution < -0.4 is 0 Å². The molecule has 0 heterocycles. The normalized spacial score (nSPS) is 36.3. The van der Waals surface area contributed by atoms with Crippen molar-refractivity contribution in [2.45, 2.75) is 38.2 Å². The predicted molar refractivity (Wildman–Crippen MR) is 44.4 cm³/mol. The van der Waals surface area contributed by atoms with Crippen LogP contribution in [0.15, 0.2) is 0 Å². The van der Waals surface area contributed by atoms with Crippen LogP contribution in [0.3, 0.4) is 0 Å². The molecule has 4 heteroatoms. The Kier molecular flexibility index (Phi) is 2.67. The zero-order valence-electron chi connectivity index (χ0n) is 7.32. The highest BCUT2D eigenvalue weighted by Gasteiger charge is 2.30. The van der Waals surface area contributed by atoms with Gasteiger partial charge in [-0.05, 0) is 32.6 Å². The standard InChI is InChI=1S/C8H15NO3/c1-8(10)4-2-7(3-5-8)6-9(11)12/h7,10H,2-6H2,1H3/t7-,8-. The van der Waals surface area contributed by atoms with E-state index in [2.05, 4.69) is 0 Å². The molecule has 1 aliphatic carbocycles. The Hall–Kier alpha value is -0.640. The van der Waals surface area contributed by atoms with Crippen LogP contribution in [-0.2, 0) is 0 Å². The van der Waals surface area contributed by atoms with Crippen molar-refractivity contribution in [3.05, 3.63) is 10.1 Å². The maximum absolute atomic E-state index is 10.2. The van der Waals surface area contributed by atoms with Crippen molar-refractivity contribution in [3.63, 3.8) is 0 Å². The molecule has 0 spiro atoms. The van der Waals surface area contributed by atoms with Crippen LogP contribution in [-0.4, -0.2) is 22.2 Å². The quantitative estimate of drug-likeness (QED) is 0.504. The maximum Gasteiger partial charge on any atom is 0.206 e. The van der Waals surface area contributed by atoms with Crippen molar-refractivity contribution in [1.82, 2.24) is 0 Å². The van der Waals surface area contributed by atoms with Crippen molar-refractivity contribution in [2.75, 3.05) is 6.54 Å². The van der Waals surface area contributed by atoms with Crippen LogP contribution in [0.4, 0.5) is 0 Å². The van der Waals surface area contributed by atoms with Gasteiger partial charge in [0.2, 0.25) is 6.54 Å². The number of rotatable bonds is 2. The highest BCUT2D eigenvalue weighted by atomic mass is 16.6. The fourth-order valence-electron chi connectivity index (χ4n) is 1.69. The lowest BCUT2D eigenvalue weighted by Crippen LogP contribution is -2.32. The van der Waals surface area contributed by atoms with Gasteiger partial charge in [-0.3, -0.25) is 10.1 Å². The van der Waals surface area contributed by atoms with E-state index in [1.807, 2.05) is 0 Å². The van der Waals surface area contributed by atoms with Gasteiger partial charge in [0.25, 0.3) is 0 Å². The molecule has 0 atom stereocenters. The molecule has 1 saturated carbocycles. The smallest absolute Gasteiger partial charge is 0.206 e. The molecule has 0 aromatic rings. The Balaban J connectivity index is 2.31. The number of nitro groups is 1. The summed E-state index contributed by atoms with van der Waals surface area (Å²) in [6.45, 7) is 1.87. The van der Waals surface area contributed by atoms with Gasteiger partial charge in [0.1, 0.15) is 0 Å². The summed E-state index contributed by atoms with van der Waals surface area (Å²) in [6.07, 6.45) is 2.97. The zero-order valence-corrected chi connectivity index (χ0v) is 7.32. The van der Waals surface area contributed by atoms with Crippen molar-refractivity contribution in [2.24, 2.45) is 5.92 Å². The molecule has 0 amide bonds. The second-order valence-electron chi connectivity index (χ2n) is 3.96.